The maximum absolute atomic E-state index is 11.9. The molecule has 2 N–H and O–H groups in total. The van der Waals surface area contributed by atoms with Crippen LogP contribution in [0.2, 0.25) is 0 Å². The minimum absolute atomic E-state index is 0.0322. The van der Waals surface area contributed by atoms with Crippen LogP contribution >= 0.6 is 0 Å². The van der Waals surface area contributed by atoms with Crippen LogP contribution in [-0.2, 0) is 27.3 Å². The summed E-state index contributed by atoms with van der Waals surface area (Å²) in [6.07, 6.45) is 1.98. The van der Waals surface area contributed by atoms with Gasteiger partial charge in [0.1, 0.15) is 6.54 Å². The predicted octanol–water partition coefficient (Wildman–Crippen LogP) is -1.11. The van der Waals surface area contributed by atoms with Crippen LogP contribution in [-0.4, -0.2) is 62.9 Å². The molecule has 0 radical (unpaired) electrons. The summed E-state index contributed by atoms with van der Waals surface area (Å²) in [6.45, 7) is 2.39. The van der Waals surface area contributed by atoms with E-state index in [1.807, 2.05) is 6.92 Å². The molecule has 116 valence electrons. The quantitative estimate of drug-likeness (QED) is 0.628. The third kappa shape index (κ3) is 6.02. The van der Waals surface area contributed by atoms with Gasteiger partial charge >= 0.3 is 5.97 Å². The van der Waals surface area contributed by atoms with Crippen molar-refractivity contribution in [3.05, 3.63) is 11.9 Å². The number of aromatic nitrogens is 3. The molecule has 0 aromatic carbocycles. The molecule has 21 heavy (non-hydrogen) atoms. The number of amides is 2. The van der Waals surface area contributed by atoms with Gasteiger partial charge in [0, 0.05) is 19.8 Å². The lowest BCUT2D eigenvalue weighted by molar-refractivity contribution is -0.136. The average Bonchev–Trinajstić information content (AvgIpc) is 2.82. The van der Waals surface area contributed by atoms with Crippen molar-refractivity contribution in [1.82, 2.24) is 25.2 Å². The second-order valence-corrected chi connectivity index (χ2v) is 4.58. The lowest BCUT2D eigenvalue weighted by Crippen LogP contribution is -2.40. The molecule has 0 unspecified atom stereocenters. The molecule has 0 aliphatic heterocycles. The van der Waals surface area contributed by atoms with Gasteiger partial charge in [0.05, 0.1) is 18.7 Å². The van der Waals surface area contributed by atoms with Crippen molar-refractivity contribution in [1.29, 1.82) is 0 Å². The minimum Gasteiger partial charge on any atom is -0.481 e. The summed E-state index contributed by atoms with van der Waals surface area (Å²) in [5.41, 5.74) is 0.277. The molecule has 9 heteroatoms. The average molecular weight is 297 g/mol. The molecule has 0 saturated carbocycles. The Balaban J connectivity index is 2.46. The molecule has 2 amide bonds. The molecule has 0 aliphatic rings. The Morgan fingerprint density at radius 3 is 2.76 bits per heavy atom. The van der Waals surface area contributed by atoms with Gasteiger partial charge in [-0.25, -0.2) is 4.68 Å². The number of carboxylic acid groups (broad SMARTS) is 1. The van der Waals surface area contributed by atoms with E-state index in [0.29, 0.717) is 6.54 Å². The normalized spacial score (nSPS) is 10.2. The van der Waals surface area contributed by atoms with E-state index in [9.17, 15) is 14.4 Å². The molecule has 0 atom stereocenters. The lowest BCUT2D eigenvalue weighted by Gasteiger charge is -2.16. The van der Waals surface area contributed by atoms with Crippen LogP contribution in [0.1, 0.15) is 19.0 Å². The van der Waals surface area contributed by atoms with Crippen LogP contribution in [0.4, 0.5) is 0 Å². The van der Waals surface area contributed by atoms with E-state index in [0.717, 1.165) is 6.42 Å². The fourth-order valence-corrected chi connectivity index (χ4v) is 1.53. The van der Waals surface area contributed by atoms with Gasteiger partial charge in [-0.15, -0.1) is 5.10 Å². The maximum Gasteiger partial charge on any atom is 0.309 e. The summed E-state index contributed by atoms with van der Waals surface area (Å²) in [4.78, 5) is 35.2. The third-order valence-electron chi connectivity index (χ3n) is 2.59. The second kappa shape index (κ2) is 7.98. The van der Waals surface area contributed by atoms with E-state index in [1.54, 1.807) is 0 Å². The van der Waals surface area contributed by atoms with Crippen LogP contribution in [0.5, 0.6) is 0 Å². The number of carboxylic acids is 1. The monoisotopic (exact) mass is 297 g/mol. The van der Waals surface area contributed by atoms with E-state index < -0.39 is 5.97 Å². The van der Waals surface area contributed by atoms with E-state index >= 15 is 0 Å². The van der Waals surface area contributed by atoms with Crippen molar-refractivity contribution in [2.75, 3.05) is 20.1 Å². The van der Waals surface area contributed by atoms with E-state index in [-0.39, 0.29) is 37.0 Å². The van der Waals surface area contributed by atoms with Gasteiger partial charge in [0.25, 0.3) is 0 Å². The van der Waals surface area contributed by atoms with Crippen LogP contribution in [0, 0.1) is 0 Å². The van der Waals surface area contributed by atoms with Crippen molar-refractivity contribution in [2.24, 2.45) is 0 Å². The number of aliphatic carboxylic acids is 1. The number of rotatable bonds is 8. The first-order valence-corrected chi connectivity index (χ1v) is 6.53. The first kappa shape index (κ1) is 16.6. The zero-order valence-electron chi connectivity index (χ0n) is 12.1. The highest BCUT2D eigenvalue weighted by Crippen LogP contribution is 1.96. The Morgan fingerprint density at radius 2 is 2.14 bits per heavy atom. The second-order valence-electron chi connectivity index (χ2n) is 4.58. The first-order chi connectivity index (χ1) is 9.92. The van der Waals surface area contributed by atoms with Gasteiger partial charge in [-0.3, -0.25) is 14.4 Å². The summed E-state index contributed by atoms with van der Waals surface area (Å²) in [6, 6.07) is 0. The number of hydrogen-bond acceptors (Lipinski definition) is 5. The van der Waals surface area contributed by atoms with Crippen molar-refractivity contribution in [3.63, 3.8) is 0 Å². The highest BCUT2D eigenvalue weighted by molar-refractivity contribution is 5.84. The highest BCUT2D eigenvalue weighted by Gasteiger charge is 2.14. The Morgan fingerprint density at radius 1 is 1.43 bits per heavy atom. The molecular weight excluding hydrogens is 278 g/mol. The number of nitrogens with zero attached hydrogens (tertiary/aromatic N) is 4. The molecule has 0 bridgehead atoms. The number of hydrogen-bond donors (Lipinski definition) is 2. The van der Waals surface area contributed by atoms with Gasteiger partial charge in [0.2, 0.25) is 11.8 Å². The van der Waals surface area contributed by atoms with Crippen molar-refractivity contribution in [3.8, 4) is 0 Å². The molecule has 1 aromatic heterocycles. The fourth-order valence-electron chi connectivity index (χ4n) is 1.53. The molecule has 1 rings (SSSR count). The van der Waals surface area contributed by atoms with Crippen LogP contribution in [0.15, 0.2) is 6.20 Å². The smallest absolute Gasteiger partial charge is 0.309 e. The van der Waals surface area contributed by atoms with E-state index in [4.69, 9.17) is 5.11 Å². The third-order valence-corrected chi connectivity index (χ3v) is 2.59. The van der Waals surface area contributed by atoms with Crippen molar-refractivity contribution in [2.45, 2.75) is 26.3 Å². The standard InChI is InChI=1S/C12H19N5O4/c1-3-4-13-10(18)7-16(2)11(19)8-17-6-9(14-15-17)5-12(20)21/h6H,3-5,7-8H2,1-2H3,(H,13,18)(H,20,21). The topological polar surface area (TPSA) is 117 Å². The number of likely N-dealkylation sites (N-methyl/N-ethyl adjacent to an activating group) is 1. The molecule has 1 heterocycles. The molecule has 0 aliphatic carbocycles. The zero-order chi connectivity index (χ0) is 15.8. The maximum atomic E-state index is 11.9. The van der Waals surface area contributed by atoms with E-state index in [1.165, 1.54) is 22.8 Å². The zero-order valence-corrected chi connectivity index (χ0v) is 12.1. The summed E-state index contributed by atoms with van der Waals surface area (Å²) >= 11 is 0. The first-order valence-electron chi connectivity index (χ1n) is 6.53. The molecular formula is C12H19N5O4. The van der Waals surface area contributed by atoms with Crippen LogP contribution in [0.25, 0.3) is 0 Å². The fraction of sp³-hybridized carbons (Fsp3) is 0.583. The van der Waals surface area contributed by atoms with Crippen LogP contribution < -0.4 is 5.32 Å². The summed E-state index contributed by atoms with van der Waals surface area (Å²) in [7, 11) is 1.52. The van der Waals surface area contributed by atoms with Gasteiger partial charge in [-0.2, -0.15) is 0 Å². The van der Waals surface area contributed by atoms with Gasteiger partial charge in [-0.1, -0.05) is 12.1 Å². The van der Waals surface area contributed by atoms with Crippen molar-refractivity contribution >= 4 is 17.8 Å². The van der Waals surface area contributed by atoms with Gasteiger partial charge < -0.3 is 15.3 Å². The Hall–Kier alpha value is -2.45. The van der Waals surface area contributed by atoms with Crippen molar-refractivity contribution < 1.29 is 19.5 Å². The minimum atomic E-state index is -1.02. The SMILES string of the molecule is CCCNC(=O)CN(C)C(=O)Cn1cc(CC(=O)O)nn1. The Bertz CT molecular complexity index is 514. The number of nitrogens with one attached hydrogen (secondary N) is 1. The Labute approximate surface area is 121 Å². The summed E-state index contributed by atoms with van der Waals surface area (Å²) in [5, 5.41) is 18.6. The molecule has 0 fully saturated rings. The summed E-state index contributed by atoms with van der Waals surface area (Å²) < 4.78 is 1.25. The highest BCUT2D eigenvalue weighted by atomic mass is 16.4. The van der Waals surface area contributed by atoms with Crippen LogP contribution in [0.3, 0.4) is 0 Å². The largest absolute Gasteiger partial charge is 0.481 e. The molecule has 1 aromatic rings. The Kier molecular flexibility index (Phi) is 6.31. The molecule has 0 spiro atoms. The number of carbonyl (C=O) groups excluding carboxylic acids is 2. The van der Waals surface area contributed by atoms with Gasteiger partial charge in [0.15, 0.2) is 0 Å². The number of carbonyl (C=O) groups is 3. The van der Waals surface area contributed by atoms with Gasteiger partial charge in [-0.05, 0) is 6.42 Å². The lowest BCUT2D eigenvalue weighted by atomic mass is 10.3. The predicted molar refractivity (Wildman–Crippen MR) is 72.3 cm³/mol. The summed E-state index contributed by atoms with van der Waals surface area (Å²) in [5.74, 6) is -1.55. The molecule has 9 nitrogen and oxygen atoms in total. The van der Waals surface area contributed by atoms with E-state index in [2.05, 4.69) is 15.6 Å². The molecule has 0 saturated heterocycles.